The van der Waals surface area contributed by atoms with Gasteiger partial charge in [-0.15, -0.1) is 0 Å². The number of rotatable bonds is 6. The van der Waals surface area contributed by atoms with Crippen molar-refractivity contribution in [2.75, 3.05) is 32.0 Å². The Balaban J connectivity index is 1.70. The third kappa shape index (κ3) is 4.71. The molecule has 1 fully saturated rings. The first-order valence-corrected chi connectivity index (χ1v) is 7.99. The van der Waals surface area contributed by atoms with Crippen LogP contribution in [0.2, 0.25) is 0 Å². The maximum absolute atomic E-state index is 5.88. The van der Waals surface area contributed by atoms with Gasteiger partial charge in [-0.25, -0.2) is 0 Å². The highest BCUT2D eigenvalue weighted by molar-refractivity contribution is 5.51. The number of likely N-dealkylation sites (tertiary alicyclic amines) is 1. The Bertz CT molecular complexity index is 394. The summed E-state index contributed by atoms with van der Waals surface area (Å²) in [5.74, 6) is 1.75. The van der Waals surface area contributed by atoms with Crippen LogP contribution in [0.5, 0.6) is 5.75 Å². The molecule has 1 aromatic rings. The zero-order chi connectivity index (χ0) is 14.2. The molecule has 0 bridgehead atoms. The van der Waals surface area contributed by atoms with Crippen molar-refractivity contribution in [2.45, 2.75) is 39.0 Å². The number of anilines is 1. The molecule has 3 heteroatoms. The molecule has 1 saturated heterocycles. The fourth-order valence-electron chi connectivity index (χ4n) is 3.04. The van der Waals surface area contributed by atoms with Crippen LogP contribution in [0, 0.1) is 5.92 Å². The van der Waals surface area contributed by atoms with Gasteiger partial charge in [-0.1, -0.05) is 31.9 Å². The Morgan fingerprint density at radius 2 is 2.10 bits per heavy atom. The van der Waals surface area contributed by atoms with Crippen molar-refractivity contribution in [1.29, 1.82) is 0 Å². The van der Waals surface area contributed by atoms with Crippen LogP contribution in [0.25, 0.3) is 0 Å². The lowest BCUT2D eigenvalue weighted by molar-refractivity contribution is 0.212. The van der Waals surface area contributed by atoms with E-state index >= 15 is 0 Å². The van der Waals surface area contributed by atoms with Crippen molar-refractivity contribution in [1.82, 2.24) is 4.90 Å². The molecule has 2 N–H and O–H groups in total. The fourth-order valence-corrected chi connectivity index (χ4v) is 3.04. The Hall–Kier alpha value is -1.22. The van der Waals surface area contributed by atoms with E-state index in [1.54, 1.807) is 0 Å². The summed E-state index contributed by atoms with van der Waals surface area (Å²) >= 11 is 0. The van der Waals surface area contributed by atoms with E-state index in [9.17, 15) is 0 Å². The van der Waals surface area contributed by atoms with Crippen molar-refractivity contribution < 1.29 is 4.74 Å². The zero-order valence-corrected chi connectivity index (χ0v) is 12.7. The van der Waals surface area contributed by atoms with Gasteiger partial charge in [-0.2, -0.15) is 0 Å². The van der Waals surface area contributed by atoms with Crippen LogP contribution < -0.4 is 10.5 Å². The molecular weight excluding hydrogens is 248 g/mol. The van der Waals surface area contributed by atoms with Crippen molar-refractivity contribution in [2.24, 2.45) is 5.92 Å². The molecule has 1 unspecified atom stereocenters. The molecule has 1 aliphatic rings. The SMILES string of the molecule is CCCC1CCCN(CCOc2ccccc2N)CC1. The van der Waals surface area contributed by atoms with Gasteiger partial charge in [-0.3, -0.25) is 4.90 Å². The van der Waals surface area contributed by atoms with Crippen LogP contribution in [-0.4, -0.2) is 31.1 Å². The van der Waals surface area contributed by atoms with Crippen LogP contribution in [-0.2, 0) is 0 Å². The summed E-state index contributed by atoms with van der Waals surface area (Å²) in [6.07, 6.45) is 6.79. The minimum Gasteiger partial charge on any atom is -0.490 e. The standard InChI is InChI=1S/C17H28N2O/c1-2-6-15-7-5-11-19(12-10-15)13-14-20-17-9-4-3-8-16(17)18/h3-4,8-9,15H,2,5-7,10-14,18H2,1H3. The number of para-hydroxylation sites is 2. The average molecular weight is 276 g/mol. The number of nitrogens with zero attached hydrogens (tertiary/aromatic N) is 1. The number of nitrogen functional groups attached to an aromatic ring is 1. The molecule has 0 spiro atoms. The van der Waals surface area contributed by atoms with E-state index in [-0.39, 0.29) is 0 Å². The predicted molar refractivity (Wildman–Crippen MR) is 85.0 cm³/mol. The molecule has 0 aromatic heterocycles. The van der Waals surface area contributed by atoms with E-state index in [0.29, 0.717) is 0 Å². The number of benzene rings is 1. The van der Waals surface area contributed by atoms with Crippen LogP contribution in [0.4, 0.5) is 5.69 Å². The molecule has 3 nitrogen and oxygen atoms in total. The Morgan fingerprint density at radius 3 is 2.90 bits per heavy atom. The van der Waals surface area contributed by atoms with E-state index in [4.69, 9.17) is 10.5 Å². The van der Waals surface area contributed by atoms with Crippen molar-refractivity contribution in [3.63, 3.8) is 0 Å². The van der Waals surface area contributed by atoms with Crippen LogP contribution in [0.15, 0.2) is 24.3 Å². The molecule has 1 aromatic carbocycles. The molecule has 2 rings (SSSR count). The van der Waals surface area contributed by atoms with Gasteiger partial charge in [0.25, 0.3) is 0 Å². The highest BCUT2D eigenvalue weighted by Gasteiger charge is 2.16. The average Bonchev–Trinajstić information content (AvgIpc) is 2.67. The van der Waals surface area contributed by atoms with E-state index in [2.05, 4.69) is 11.8 Å². The first-order chi connectivity index (χ1) is 9.79. The Morgan fingerprint density at radius 1 is 1.25 bits per heavy atom. The predicted octanol–water partition coefficient (Wildman–Crippen LogP) is 3.55. The molecule has 112 valence electrons. The first kappa shape index (κ1) is 15.2. The second kappa shape index (κ2) is 8.15. The van der Waals surface area contributed by atoms with Crippen molar-refractivity contribution >= 4 is 5.69 Å². The third-order valence-electron chi connectivity index (χ3n) is 4.22. The summed E-state index contributed by atoms with van der Waals surface area (Å²) in [6, 6.07) is 7.73. The minimum absolute atomic E-state index is 0.728. The second-order valence-electron chi connectivity index (χ2n) is 5.81. The topological polar surface area (TPSA) is 38.5 Å². The van der Waals surface area contributed by atoms with Gasteiger partial charge in [-0.05, 0) is 50.4 Å². The summed E-state index contributed by atoms with van der Waals surface area (Å²) in [6.45, 7) is 6.47. The maximum atomic E-state index is 5.88. The van der Waals surface area contributed by atoms with Gasteiger partial charge in [0.1, 0.15) is 12.4 Å². The highest BCUT2D eigenvalue weighted by atomic mass is 16.5. The van der Waals surface area contributed by atoms with Gasteiger partial charge in [0.15, 0.2) is 0 Å². The van der Waals surface area contributed by atoms with Gasteiger partial charge in [0.2, 0.25) is 0 Å². The lowest BCUT2D eigenvalue weighted by Gasteiger charge is -2.20. The molecule has 0 radical (unpaired) electrons. The lowest BCUT2D eigenvalue weighted by Crippen LogP contribution is -2.29. The number of nitrogens with two attached hydrogens (primary N) is 1. The van der Waals surface area contributed by atoms with E-state index in [1.807, 2.05) is 24.3 Å². The smallest absolute Gasteiger partial charge is 0.142 e. The van der Waals surface area contributed by atoms with E-state index in [0.717, 1.165) is 30.5 Å². The third-order valence-corrected chi connectivity index (χ3v) is 4.22. The molecule has 0 amide bonds. The van der Waals surface area contributed by atoms with Crippen molar-refractivity contribution in [3.05, 3.63) is 24.3 Å². The lowest BCUT2D eigenvalue weighted by atomic mass is 9.96. The highest BCUT2D eigenvalue weighted by Crippen LogP contribution is 2.22. The molecular formula is C17H28N2O. The minimum atomic E-state index is 0.728. The zero-order valence-electron chi connectivity index (χ0n) is 12.7. The van der Waals surface area contributed by atoms with Gasteiger partial charge < -0.3 is 10.5 Å². The Labute approximate surface area is 123 Å². The quantitative estimate of drug-likeness (QED) is 0.808. The summed E-state index contributed by atoms with van der Waals surface area (Å²) in [5.41, 5.74) is 6.61. The maximum Gasteiger partial charge on any atom is 0.142 e. The summed E-state index contributed by atoms with van der Waals surface area (Å²) in [4.78, 5) is 2.54. The molecule has 20 heavy (non-hydrogen) atoms. The van der Waals surface area contributed by atoms with Gasteiger partial charge in [0.05, 0.1) is 5.69 Å². The number of hydrogen-bond acceptors (Lipinski definition) is 3. The molecule has 1 heterocycles. The fraction of sp³-hybridized carbons (Fsp3) is 0.647. The van der Waals surface area contributed by atoms with E-state index in [1.165, 1.54) is 45.2 Å². The van der Waals surface area contributed by atoms with Gasteiger partial charge >= 0.3 is 0 Å². The van der Waals surface area contributed by atoms with Crippen LogP contribution in [0.3, 0.4) is 0 Å². The summed E-state index contributed by atoms with van der Waals surface area (Å²) < 4.78 is 5.79. The largest absolute Gasteiger partial charge is 0.490 e. The van der Waals surface area contributed by atoms with Gasteiger partial charge in [0, 0.05) is 6.54 Å². The molecule has 0 aliphatic carbocycles. The first-order valence-electron chi connectivity index (χ1n) is 7.99. The number of hydrogen-bond donors (Lipinski definition) is 1. The molecule has 1 atom stereocenters. The molecule has 1 aliphatic heterocycles. The summed E-state index contributed by atoms with van der Waals surface area (Å²) in [5, 5.41) is 0. The number of ether oxygens (including phenoxy) is 1. The van der Waals surface area contributed by atoms with Crippen LogP contribution >= 0.6 is 0 Å². The molecule has 0 saturated carbocycles. The Kier molecular flexibility index (Phi) is 6.19. The van der Waals surface area contributed by atoms with Crippen LogP contribution in [0.1, 0.15) is 39.0 Å². The monoisotopic (exact) mass is 276 g/mol. The normalized spacial score (nSPS) is 20.6. The summed E-state index contributed by atoms with van der Waals surface area (Å²) in [7, 11) is 0. The second-order valence-corrected chi connectivity index (χ2v) is 5.81. The van der Waals surface area contributed by atoms with Crippen molar-refractivity contribution in [3.8, 4) is 5.75 Å². The van der Waals surface area contributed by atoms with E-state index < -0.39 is 0 Å².